The average Bonchev–Trinajstić information content (AvgIpc) is 2.79. The summed E-state index contributed by atoms with van der Waals surface area (Å²) in [4.78, 5) is 0. The van der Waals surface area contributed by atoms with Gasteiger partial charge >= 0.3 is 0 Å². The van der Waals surface area contributed by atoms with Gasteiger partial charge in [-0.2, -0.15) is 0 Å². The second kappa shape index (κ2) is 12.5. The minimum Gasteiger partial charge on any atom is -0.373 e. The van der Waals surface area contributed by atoms with Crippen LogP contribution in [0.2, 0.25) is 0 Å². The molecule has 30 heavy (non-hydrogen) atoms. The summed E-state index contributed by atoms with van der Waals surface area (Å²) in [6, 6.07) is 17.8. The van der Waals surface area contributed by atoms with Crippen LogP contribution in [0.15, 0.2) is 73.3 Å². The maximum absolute atomic E-state index is 5.51. The molecule has 0 spiro atoms. The summed E-state index contributed by atoms with van der Waals surface area (Å²) in [6.07, 6.45) is 17.4. The van der Waals surface area contributed by atoms with Crippen LogP contribution in [0.1, 0.15) is 63.0 Å². The molecule has 1 nitrogen and oxygen atoms in total. The fraction of sp³-hybridized carbons (Fsp3) is 0.448. The van der Waals surface area contributed by atoms with E-state index in [2.05, 4.69) is 74.2 Å². The van der Waals surface area contributed by atoms with Crippen molar-refractivity contribution in [2.45, 2.75) is 64.9 Å². The Hall–Kier alpha value is -2.12. The van der Waals surface area contributed by atoms with E-state index in [0.717, 1.165) is 11.8 Å². The molecular weight excluding hydrogens is 364 g/mol. The molecule has 2 aromatic rings. The maximum Gasteiger partial charge on any atom is 0.0721 e. The van der Waals surface area contributed by atoms with Crippen molar-refractivity contribution in [3.63, 3.8) is 0 Å². The summed E-state index contributed by atoms with van der Waals surface area (Å²) in [5.74, 6) is 1.82. The molecule has 0 heterocycles. The summed E-state index contributed by atoms with van der Waals surface area (Å²) in [5, 5.41) is 0. The Kier molecular flexibility index (Phi) is 9.44. The van der Waals surface area contributed by atoms with Crippen LogP contribution < -0.4 is 0 Å². The van der Waals surface area contributed by atoms with E-state index >= 15 is 0 Å². The molecule has 1 fully saturated rings. The Morgan fingerprint density at radius 2 is 1.50 bits per heavy atom. The number of benzene rings is 2. The van der Waals surface area contributed by atoms with E-state index in [4.69, 9.17) is 4.74 Å². The van der Waals surface area contributed by atoms with Crippen molar-refractivity contribution in [3.05, 3.63) is 84.5 Å². The lowest BCUT2D eigenvalue weighted by atomic mass is 9.79. The molecule has 2 aromatic carbocycles. The van der Waals surface area contributed by atoms with Gasteiger partial charge in [0.1, 0.15) is 0 Å². The molecule has 0 N–H and O–H groups in total. The average molecular weight is 403 g/mol. The van der Waals surface area contributed by atoms with Gasteiger partial charge in [-0.15, -0.1) is 6.58 Å². The molecule has 0 bridgehead atoms. The molecule has 0 aromatic heterocycles. The van der Waals surface area contributed by atoms with Crippen molar-refractivity contribution in [3.8, 4) is 11.1 Å². The lowest BCUT2D eigenvalue weighted by Crippen LogP contribution is -2.13. The van der Waals surface area contributed by atoms with Gasteiger partial charge in [-0.25, -0.2) is 0 Å². The normalized spacial score (nSPS) is 19.2. The summed E-state index contributed by atoms with van der Waals surface area (Å²) in [6.45, 7) is 7.07. The van der Waals surface area contributed by atoms with E-state index in [1.165, 1.54) is 73.6 Å². The van der Waals surface area contributed by atoms with E-state index in [1.807, 2.05) is 0 Å². The largest absolute Gasteiger partial charge is 0.373 e. The number of ether oxygens (including phenoxy) is 1. The number of aryl methyl sites for hydroxylation is 1. The number of hydrogen-bond acceptors (Lipinski definition) is 1. The Labute approximate surface area is 183 Å². The smallest absolute Gasteiger partial charge is 0.0721 e. The fourth-order valence-electron chi connectivity index (χ4n) is 4.62. The summed E-state index contributed by atoms with van der Waals surface area (Å²) >= 11 is 0. The van der Waals surface area contributed by atoms with Crippen molar-refractivity contribution < 1.29 is 4.74 Å². The zero-order valence-corrected chi connectivity index (χ0v) is 18.7. The van der Waals surface area contributed by atoms with Gasteiger partial charge in [0.25, 0.3) is 0 Å². The first kappa shape index (κ1) is 22.6. The highest BCUT2D eigenvalue weighted by Crippen LogP contribution is 2.32. The van der Waals surface area contributed by atoms with Crippen LogP contribution in [-0.2, 0) is 17.8 Å². The van der Waals surface area contributed by atoms with Crippen molar-refractivity contribution >= 4 is 0 Å². The zero-order chi connectivity index (χ0) is 21.0. The van der Waals surface area contributed by atoms with Crippen molar-refractivity contribution in [2.75, 3.05) is 6.61 Å². The van der Waals surface area contributed by atoms with Gasteiger partial charge in [-0.1, -0.05) is 79.6 Å². The van der Waals surface area contributed by atoms with Crippen molar-refractivity contribution in [1.29, 1.82) is 0 Å². The number of allylic oxidation sites excluding steroid dienone is 2. The quantitative estimate of drug-likeness (QED) is 0.272. The number of hydrogen-bond donors (Lipinski definition) is 0. The monoisotopic (exact) mass is 402 g/mol. The molecule has 1 heteroatoms. The Bertz CT molecular complexity index is 761. The molecule has 1 aliphatic rings. The second-order valence-corrected chi connectivity index (χ2v) is 8.75. The van der Waals surface area contributed by atoms with E-state index in [0.29, 0.717) is 13.2 Å². The first-order valence-corrected chi connectivity index (χ1v) is 11.8. The molecule has 0 atom stereocenters. The summed E-state index contributed by atoms with van der Waals surface area (Å²) in [7, 11) is 0. The van der Waals surface area contributed by atoms with Gasteiger partial charge < -0.3 is 4.74 Å². The third kappa shape index (κ3) is 7.29. The molecular formula is C29H38O. The molecule has 0 radical (unpaired) electrons. The van der Waals surface area contributed by atoms with Crippen LogP contribution in [-0.4, -0.2) is 6.61 Å². The predicted octanol–water partition coefficient (Wildman–Crippen LogP) is 8.15. The third-order valence-electron chi connectivity index (χ3n) is 6.43. The van der Waals surface area contributed by atoms with E-state index in [1.54, 1.807) is 6.08 Å². The van der Waals surface area contributed by atoms with Gasteiger partial charge in [0.05, 0.1) is 13.2 Å². The highest BCUT2D eigenvalue weighted by Gasteiger charge is 2.18. The zero-order valence-electron chi connectivity index (χ0n) is 18.7. The van der Waals surface area contributed by atoms with Crippen LogP contribution >= 0.6 is 0 Å². The lowest BCUT2D eigenvalue weighted by molar-refractivity contribution is 0.149. The molecule has 0 unspecified atom stereocenters. The van der Waals surface area contributed by atoms with Crippen LogP contribution in [0, 0.1) is 11.8 Å². The topological polar surface area (TPSA) is 9.23 Å². The van der Waals surface area contributed by atoms with Gasteiger partial charge in [0, 0.05) is 0 Å². The molecule has 0 amide bonds. The first-order chi connectivity index (χ1) is 14.8. The standard InChI is InChI=1S/C29H38O/c1-3-7-24-10-12-25(13-11-24)8-5-6-9-26-14-18-28(19-15-26)29-20-16-27(17-21-29)23-30-22-4-2/h3-4,7,14-21,24-25H,2,5-6,8-13,22-23H2,1H3/b7-3-. The molecule has 0 saturated heterocycles. The highest BCUT2D eigenvalue weighted by molar-refractivity contribution is 5.63. The number of unbranched alkanes of at least 4 members (excludes halogenated alkanes) is 1. The molecule has 160 valence electrons. The minimum atomic E-state index is 0.598. The molecule has 1 aliphatic carbocycles. The van der Waals surface area contributed by atoms with Crippen LogP contribution in [0.4, 0.5) is 0 Å². The van der Waals surface area contributed by atoms with Crippen LogP contribution in [0.25, 0.3) is 11.1 Å². The van der Waals surface area contributed by atoms with Crippen molar-refractivity contribution in [2.24, 2.45) is 11.8 Å². The first-order valence-electron chi connectivity index (χ1n) is 11.8. The van der Waals surface area contributed by atoms with Gasteiger partial charge in [0.15, 0.2) is 0 Å². The maximum atomic E-state index is 5.51. The van der Waals surface area contributed by atoms with Gasteiger partial charge in [0.2, 0.25) is 0 Å². The van der Waals surface area contributed by atoms with E-state index < -0.39 is 0 Å². The minimum absolute atomic E-state index is 0.598. The second-order valence-electron chi connectivity index (χ2n) is 8.75. The van der Waals surface area contributed by atoms with E-state index in [-0.39, 0.29) is 0 Å². The molecule has 3 rings (SSSR count). The van der Waals surface area contributed by atoms with Gasteiger partial charge in [-0.3, -0.25) is 0 Å². The van der Waals surface area contributed by atoms with Crippen LogP contribution in [0.5, 0.6) is 0 Å². The fourth-order valence-corrected chi connectivity index (χ4v) is 4.62. The Morgan fingerprint density at radius 1 is 0.867 bits per heavy atom. The predicted molar refractivity (Wildman–Crippen MR) is 130 cm³/mol. The van der Waals surface area contributed by atoms with Crippen LogP contribution in [0.3, 0.4) is 0 Å². The molecule has 0 aliphatic heterocycles. The third-order valence-corrected chi connectivity index (χ3v) is 6.43. The Balaban J connectivity index is 1.38. The molecule has 1 saturated carbocycles. The summed E-state index contributed by atoms with van der Waals surface area (Å²) < 4.78 is 5.51. The van der Waals surface area contributed by atoms with Crippen molar-refractivity contribution in [1.82, 2.24) is 0 Å². The van der Waals surface area contributed by atoms with E-state index in [9.17, 15) is 0 Å². The van der Waals surface area contributed by atoms with Gasteiger partial charge in [-0.05, 0) is 79.5 Å². The SMILES string of the molecule is C=CCOCc1ccc(-c2ccc(CCCCC3CCC(/C=C\C)CC3)cc2)cc1. The number of rotatable bonds is 11. The Morgan fingerprint density at radius 3 is 2.10 bits per heavy atom. The summed E-state index contributed by atoms with van der Waals surface area (Å²) in [5.41, 5.74) is 5.22. The highest BCUT2D eigenvalue weighted by atomic mass is 16.5. The lowest BCUT2D eigenvalue weighted by Gasteiger charge is -2.26.